The predicted molar refractivity (Wildman–Crippen MR) is 96.6 cm³/mol. The minimum Gasteiger partial charge on any atom is -0.250 e. The van der Waals surface area contributed by atoms with Crippen LogP contribution in [0.5, 0.6) is 0 Å². The molecule has 0 spiro atoms. The van der Waals surface area contributed by atoms with E-state index in [9.17, 15) is 0 Å². The fraction of sp³-hybridized carbons (Fsp3) is 0.150. The molecule has 5 nitrogen and oxygen atoms in total. The Kier molecular flexibility index (Phi) is 2.77. The highest BCUT2D eigenvalue weighted by atomic mass is 15.3. The van der Waals surface area contributed by atoms with Gasteiger partial charge in [0, 0.05) is 6.07 Å². The van der Waals surface area contributed by atoms with Crippen LogP contribution in [-0.4, -0.2) is 14.0 Å². The summed E-state index contributed by atoms with van der Waals surface area (Å²) in [7, 11) is 4.18. The van der Waals surface area contributed by atoms with Gasteiger partial charge < -0.3 is 0 Å². The van der Waals surface area contributed by atoms with Crippen LogP contribution >= 0.6 is 0 Å². The Hall–Kier alpha value is -3.21. The van der Waals surface area contributed by atoms with E-state index in [2.05, 4.69) is 93.8 Å². The third-order valence-corrected chi connectivity index (χ3v) is 5.01. The second kappa shape index (κ2) is 4.89. The first kappa shape index (κ1) is 14.2. The first-order chi connectivity index (χ1) is 12.2. The van der Waals surface area contributed by atoms with E-state index in [0.717, 1.165) is 33.8 Å². The topological polar surface area (TPSA) is 30.0 Å². The highest BCUT2D eigenvalue weighted by Gasteiger charge is 2.28. The molecule has 0 aliphatic heterocycles. The first-order valence-corrected chi connectivity index (χ1v) is 8.39. The molecule has 4 aromatic heterocycles. The van der Waals surface area contributed by atoms with Crippen molar-refractivity contribution in [1.82, 2.24) is 14.0 Å². The lowest BCUT2D eigenvalue weighted by Crippen LogP contribution is -2.39. The molecule has 0 saturated heterocycles. The SMILES string of the molecule is Cc1cccc(-n2c3nc4ccccc4n3c3ccc[n+](C)c32)[n+]1C. The zero-order chi connectivity index (χ0) is 17.1. The molecule has 5 rings (SSSR count). The van der Waals surface area contributed by atoms with Gasteiger partial charge in [-0.25, -0.2) is 9.13 Å². The van der Waals surface area contributed by atoms with Crippen LogP contribution < -0.4 is 9.13 Å². The van der Waals surface area contributed by atoms with Crippen LogP contribution in [0, 0.1) is 6.92 Å². The molecule has 0 aliphatic carbocycles. The molecule has 0 amide bonds. The van der Waals surface area contributed by atoms with Crippen molar-refractivity contribution in [3.8, 4) is 5.82 Å². The molecule has 0 unspecified atom stereocenters. The minimum atomic E-state index is 0.930. The van der Waals surface area contributed by atoms with Gasteiger partial charge in [0.1, 0.15) is 11.2 Å². The van der Waals surface area contributed by atoms with E-state index in [4.69, 9.17) is 4.98 Å². The van der Waals surface area contributed by atoms with Crippen LogP contribution in [-0.2, 0) is 14.1 Å². The molecule has 4 heterocycles. The lowest BCUT2D eigenvalue weighted by molar-refractivity contribution is -0.674. The van der Waals surface area contributed by atoms with Crippen molar-refractivity contribution in [2.45, 2.75) is 6.92 Å². The number of hydrogen-bond donors (Lipinski definition) is 0. The average molecular weight is 329 g/mol. The summed E-state index contributed by atoms with van der Waals surface area (Å²) >= 11 is 0. The van der Waals surface area contributed by atoms with Crippen LogP contribution in [0.1, 0.15) is 5.69 Å². The molecule has 5 heteroatoms. The van der Waals surface area contributed by atoms with Crippen LogP contribution in [0.25, 0.3) is 33.8 Å². The maximum absolute atomic E-state index is 4.94. The molecule has 0 saturated carbocycles. The zero-order valence-corrected chi connectivity index (χ0v) is 14.5. The standard InChI is InChI=1S/C20H19N5/c1-14-8-6-12-18(23(14)3)25-19-17(11-7-13-22(19)2)24-16-10-5-4-9-15(16)21-20(24)25/h4-13H,1-3H3/q+2. The number of nitrogens with zero attached hydrogens (tertiary/aromatic N) is 5. The van der Waals surface area contributed by atoms with Gasteiger partial charge in [-0.05, 0) is 37.3 Å². The molecule has 0 atom stereocenters. The van der Waals surface area contributed by atoms with E-state index in [0.29, 0.717) is 0 Å². The van der Waals surface area contributed by atoms with E-state index in [-0.39, 0.29) is 0 Å². The Morgan fingerprint density at radius 3 is 2.56 bits per heavy atom. The second-order valence-electron chi connectivity index (χ2n) is 6.48. The monoisotopic (exact) mass is 329 g/mol. The molecule has 0 aliphatic rings. The number of aromatic nitrogens is 5. The molecular formula is C20H19N5+2. The third kappa shape index (κ3) is 1.80. The molecular weight excluding hydrogens is 310 g/mol. The summed E-state index contributed by atoms with van der Waals surface area (Å²) in [5.74, 6) is 2.02. The van der Waals surface area contributed by atoms with Crippen molar-refractivity contribution in [2.75, 3.05) is 0 Å². The molecule has 5 aromatic rings. The Bertz CT molecular complexity index is 1280. The Morgan fingerprint density at radius 1 is 0.880 bits per heavy atom. The van der Waals surface area contributed by atoms with Gasteiger partial charge in [0.15, 0.2) is 0 Å². The number of pyridine rings is 2. The average Bonchev–Trinajstić information content (AvgIpc) is 3.13. The Labute approximate surface area is 145 Å². The van der Waals surface area contributed by atoms with Crippen molar-refractivity contribution in [3.05, 3.63) is 66.5 Å². The Balaban J connectivity index is 2.08. The van der Waals surface area contributed by atoms with E-state index >= 15 is 0 Å². The maximum atomic E-state index is 4.94. The van der Waals surface area contributed by atoms with Gasteiger partial charge in [0.05, 0.1) is 31.3 Å². The van der Waals surface area contributed by atoms with E-state index in [1.807, 2.05) is 6.07 Å². The second-order valence-corrected chi connectivity index (χ2v) is 6.48. The largest absolute Gasteiger partial charge is 0.317 e. The predicted octanol–water partition coefficient (Wildman–Crippen LogP) is 2.39. The summed E-state index contributed by atoms with van der Waals surface area (Å²) in [6.07, 6.45) is 2.08. The van der Waals surface area contributed by atoms with Gasteiger partial charge >= 0.3 is 11.4 Å². The van der Waals surface area contributed by atoms with Crippen molar-refractivity contribution in [1.29, 1.82) is 0 Å². The highest BCUT2D eigenvalue weighted by molar-refractivity contribution is 5.88. The number of fused-ring (bicyclic) bond motifs is 5. The lowest BCUT2D eigenvalue weighted by Gasteiger charge is -2.04. The van der Waals surface area contributed by atoms with Crippen LogP contribution in [0.15, 0.2) is 60.8 Å². The van der Waals surface area contributed by atoms with Crippen molar-refractivity contribution < 1.29 is 9.13 Å². The maximum Gasteiger partial charge on any atom is 0.317 e. The molecule has 122 valence electrons. The summed E-state index contributed by atoms with van der Waals surface area (Å²) in [6, 6.07) is 18.9. The smallest absolute Gasteiger partial charge is 0.250 e. The molecule has 0 radical (unpaired) electrons. The fourth-order valence-corrected chi connectivity index (χ4v) is 3.64. The highest BCUT2D eigenvalue weighted by Crippen LogP contribution is 2.26. The lowest BCUT2D eigenvalue weighted by atomic mass is 10.3. The van der Waals surface area contributed by atoms with Crippen LogP contribution in [0.4, 0.5) is 0 Å². The van der Waals surface area contributed by atoms with Gasteiger partial charge in [-0.2, -0.15) is 4.98 Å². The molecule has 0 N–H and O–H groups in total. The summed E-state index contributed by atoms with van der Waals surface area (Å²) in [5, 5.41) is 0. The van der Waals surface area contributed by atoms with Crippen LogP contribution in [0.2, 0.25) is 0 Å². The van der Waals surface area contributed by atoms with E-state index in [1.54, 1.807) is 0 Å². The fourth-order valence-electron chi connectivity index (χ4n) is 3.64. The minimum absolute atomic E-state index is 0.930. The summed E-state index contributed by atoms with van der Waals surface area (Å²) in [5.41, 5.74) is 5.61. The number of hydrogen-bond acceptors (Lipinski definition) is 1. The van der Waals surface area contributed by atoms with E-state index in [1.165, 1.54) is 5.69 Å². The molecule has 1 aromatic carbocycles. The zero-order valence-electron chi connectivity index (χ0n) is 14.5. The van der Waals surface area contributed by atoms with Crippen molar-refractivity contribution in [2.24, 2.45) is 14.1 Å². The van der Waals surface area contributed by atoms with Gasteiger partial charge in [0.2, 0.25) is 0 Å². The van der Waals surface area contributed by atoms with Gasteiger partial charge in [-0.15, -0.1) is 4.57 Å². The number of aryl methyl sites for hydroxylation is 2. The quantitative estimate of drug-likeness (QED) is 0.434. The Morgan fingerprint density at radius 2 is 1.68 bits per heavy atom. The van der Waals surface area contributed by atoms with Gasteiger partial charge in [-0.3, -0.25) is 4.40 Å². The van der Waals surface area contributed by atoms with Crippen molar-refractivity contribution >= 4 is 28.0 Å². The number of imidazole rings is 2. The molecule has 25 heavy (non-hydrogen) atoms. The first-order valence-electron chi connectivity index (χ1n) is 8.39. The molecule has 0 bridgehead atoms. The van der Waals surface area contributed by atoms with Crippen LogP contribution in [0.3, 0.4) is 0 Å². The summed E-state index contributed by atoms with van der Waals surface area (Å²) in [4.78, 5) is 4.94. The van der Waals surface area contributed by atoms with Gasteiger partial charge in [0.25, 0.3) is 5.82 Å². The van der Waals surface area contributed by atoms with Gasteiger partial charge in [-0.1, -0.05) is 18.2 Å². The third-order valence-electron chi connectivity index (χ3n) is 5.01. The van der Waals surface area contributed by atoms with Crippen molar-refractivity contribution in [3.63, 3.8) is 0 Å². The summed E-state index contributed by atoms with van der Waals surface area (Å²) in [6.45, 7) is 2.12. The number of rotatable bonds is 1. The van der Waals surface area contributed by atoms with E-state index < -0.39 is 0 Å². The number of benzene rings is 1. The summed E-state index contributed by atoms with van der Waals surface area (Å²) < 4.78 is 8.84. The normalized spacial score (nSPS) is 11.8. The number of para-hydroxylation sites is 2. The molecule has 0 fully saturated rings.